The van der Waals surface area contributed by atoms with Gasteiger partial charge < -0.3 is 4.74 Å². The number of benzene rings is 1. The van der Waals surface area contributed by atoms with Crippen molar-refractivity contribution in [3.8, 4) is 11.3 Å². The van der Waals surface area contributed by atoms with E-state index in [1.54, 1.807) is 4.68 Å². The van der Waals surface area contributed by atoms with Gasteiger partial charge in [-0.1, -0.05) is 35.0 Å². The molecule has 0 unspecified atom stereocenters. The van der Waals surface area contributed by atoms with E-state index >= 15 is 0 Å². The van der Waals surface area contributed by atoms with Gasteiger partial charge in [-0.15, -0.1) is 5.10 Å². The molecule has 1 heterocycles. The predicted octanol–water partition coefficient (Wildman–Crippen LogP) is 1.82. The number of nitrogens with zero attached hydrogens (tertiary/aromatic N) is 3. The first-order valence-corrected chi connectivity index (χ1v) is 5.73. The van der Waals surface area contributed by atoms with Gasteiger partial charge in [0.1, 0.15) is 5.69 Å². The second-order valence-electron chi connectivity index (χ2n) is 4.06. The smallest absolute Gasteiger partial charge is 0.307 e. The average Bonchev–Trinajstić information content (AvgIpc) is 2.85. The third-order valence-corrected chi connectivity index (χ3v) is 2.66. The normalized spacial score (nSPS) is 10.3. The number of methoxy groups -OCH3 is 1. The zero-order valence-electron chi connectivity index (χ0n) is 10.5. The SMILES string of the molecule is COC(=O)CCn1cc(-c2ccc(C)cc2)nn1. The summed E-state index contributed by atoms with van der Waals surface area (Å²) in [7, 11) is 1.38. The number of hydrogen-bond donors (Lipinski definition) is 0. The zero-order chi connectivity index (χ0) is 13.0. The zero-order valence-corrected chi connectivity index (χ0v) is 10.5. The molecule has 18 heavy (non-hydrogen) atoms. The summed E-state index contributed by atoms with van der Waals surface area (Å²) in [5.41, 5.74) is 3.03. The van der Waals surface area contributed by atoms with Crippen molar-refractivity contribution in [3.63, 3.8) is 0 Å². The topological polar surface area (TPSA) is 57.0 Å². The minimum atomic E-state index is -0.248. The van der Waals surface area contributed by atoms with Crippen LogP contribution < -0.4 is 0 Å². The Morgan fingerprint density at radius 2 is 2.06 bits per heavy atom. The van der Waals surface area contributed by atoms with Crippen molar-refractivity contribution in [2.75, 3.05) is 7.11 Å². The third-order valence-electron chi connectivity index (χ3n) is 2.66. The molecule has 0 N–H and O–H groups in total. The maximum absolute atomic E-state index is 11.0. The molecule has 0 fully saturated rings. The standard InChI is InChI=1S/C13H15N3O2/c1-10-3-5-11(6-4-10)12-9-16(15-14-12)8-7-13(17)18-2/h3-6,9H,7-8H2,1-2H3. The summed E-state index contributed by atoms with van der Waals surface area (Å²) in [4.78, 5) is 11.0. The number of esters is 1. The summed E-state index contributed by atoms with van der Waals surface area (Å²) in [6.07, 6.45) is 2.13. The fourth-order valence-corrected chi connectivity index (χ4v) is 1.57. The highest BCUT2D eigenvalue weighted by Crippen LogP contribution is 2.16. The monoisotopic (exact) mass is 245 g/mol. The van der Waals surface area contributed by atoms with Crippen LogP contribution in [0.2, 0.25) is 0 Å². The summed E-state index contributed by atoms with van der Waals surface area (Å²) >= 11 is 0. The largest absolute Gasteiger partial charge is 0.469 e. The molecule has 0 aliphatic rings. The fraction of sp³-hybridized carbons (Fsp3) is 0.308. The molecule has 0 saturated carbocycles. The molecule has 5 nitrogen and oxygen atoms in total. The highest BCUT2D eigenvalue weighted by atomic mass is 16.5. The van der Waals surface area contributed by atoms with Gasteiger partial charge in [0.2, 0.25) is 0 Å². The number of rotatable bonds is 4. The maximum Gasteiger partial charge on any atom is 0.307 e. The second-order valence-corrected chi connectivity index (χ2v) is 4.06. The molecule has 0 atom stereocenters. The minimum absolute atomic E-state index is 0.248. The van der Waals surface area contributed by atoms with Crippen molar-refractivity contribution in [1.82, 2.24) is 15.0 Å². The second kappa shape index (κ2) is 5.44. The number of carbonyl (C=O) groups excluding carboxylic acids is 1. The highest BCUT2D eigenvalue weighted by Gasteiger charge is 2.05. The molecule has 0 aliphatic heterocycles. The molecule has 1 aromatic carbocycles. The Hall–Kier alpha value is -2.17. The van der Waals surface area contributed by atoms with Crippen molar-refractivity contribution in [2.45, 2.75) is 19.9 Å². The molecule has 2 aromatic rings. The van der Waals surface area contributed by atoms with Gasteiger partial charge in [0.15, 0.2) is 0 Å². The maximum atomic E-state index is 11.0. The van der Waals surface area contributed by atoms with Gasteiger partial charge in [-0.3, -0.25) is 9.48 Å². The van der Waals surface area contributed by atoms with Crippen molar-refractivity contribution in [3.05, 3.63) is 36.0 Å². The first kappa shape index (κ1) is 12.3. The lowest BCUT2D eigenvalue weighted by Crippen LogP contribution is -2.07. The predicted molar refractivity (Wildman–Crippen MR) is 66.8 cm³/mol. The van der Waals surface area contributed by atoms with Crippen molar-refractivity contribution >= 4 is 5.97 Å². The van der Waals surface area contributed by atoms with E-state index in [9.17, 15) is 4.79 Å². The molecule has 0 bridgehead atoms. The molecule has 94 valence electrons. The summed E-state index contributed by atoms with van der Waals surface area (Å²) < 4.78 is 6.22. The minimum Gasteiger partial charge on any atom is -0.469 e. The Labute approximate surface area is 105 Å². The van der Waals surface area contributed by atoms with Gasteiger partial charge in [-0.25, -0.2) is 0 Å². The van der Waals surface area contributed by atoms with Crippen LogP contribution in [0.15, 0.2) is 30.5 Å². The van der Waals surface area contributed by atoms with Gasteiger partial charge in [0, 0.05) is 5.56 Å². The van der Waals surface area contributed by atoms with Crippen LogP contribution in [0.3, 0.4) is 0 Å². The Bertz CT molecular complexity index is 531. The first-order chi connectivity index (χ1) is 8.69. The van der Waals surface area contributed by atoms with Crippen LogP contribution in [0.25, 0.3) is 11.3 Å². The van der Waals surface area contributed by atoms with Gasteiger partial charge in [0.05, 0.1) is 26.3 Å². The van der Waals surface area contributed by atoms with E-state index in [0.717, 1.165) is 11.3 Å². The van der Waals surface area contributed by atoms with Gasteiger partial charge in [0.25, 0.3) is 0 Å². The quantitative estimate of drug-likeness (QED) is 0.771. The lowest BCUT2D eigenvalue weighted by atomic mass is 10.1. The Morgan fingerprint density at radius 3 is 2.72 bits per heavy atom. The van der Waals surface area contributed by atoms with Crippen LogP contribution in [0.1, 0.15) is 12.0 Å². The van der Waals surface area contributed by atoms with Gasteiger partial charge in [-0.05, 0) is 6.92 Å². The van der Waals surface area contributed by atoms with E-state index in [1.165, 1.54) is 12.7 Å². The first-order valence-electron chi connectivity index (χ1n) is 5.73. The molecule has 0 radical (unpaired) electrons. The summed E-state index contributed by atoms with van der Waals surface area (Å²) in [5.74, 6) is -0.248. The molecule has 5 heteroatoms. The summed E-state index contributed by atoms with van der Waals surface area (Å²) in [6, 6.07) is 8.07. The van der Waals surface area contributed by atoms with E-state index in [-0.39, 0.29) is 5.97 Å². The van der Waals surface area contributed by atoms with Crippen molar-refractivity contribution in [1.29, 1.82) is 0 Å². The third kappa shape index (κ3) is 2.94. The van der Waals surface area contributed by atoms with Gasteiger partial charge in [-0.2, -0.15) is 0 Å². The number of aromatic nitrogens is 3. The van der Waals surface area contributed by atoms with Crippen LogP contribution >= 0.6 is 0 Å². The summed E-state index contributed by atoms with van der Waals surface area (Å²) in [6.45, 7) is 2.52. The Balaban J connectivity index is 2.06. The number of ether oxygens (including phenoxy) is 1. The van der Waals surface area contributed by atoms with Crippen LogP contribution in [0, 0.1) is 6.92 Å². The van der Waals surface area contributed by atoms with Gasteiger partial charge >= 0.3 is 5.97 Å². The van der Waals surface area contributed by atoms with E-state index in [1.807, 2.05) is 37.4 Å². The van der Waals surface area contributed by atoms with Crippen molar-refractivity contribution < 1.29 is 9.53 Å². The lowest BCUT2D eigenvalue weighted by molar-refractivity contribution is -0.140. The summed E-state index contributed by atoms with van der Waals surface area (Å²) in [5, 5.41) is 8.06. The fourth-order valence-electron chi connectivity index (χ4n) is 1.57. The van der Waals surface area contributed by atoms with E-state index < -0.39 is 0 Å². The molecule has 2 rings (SSSR count). The van der Waals surface area contributed by atoms with Crippen LogP contribution in [0.4, 0.5) is 0 Å². The molecule has 0 amide bonds. The van der Waals surface area contributed by atoms with E-state index in [0.29, 0.717) is 13.0 Å². The Kier molecular flexibility index (Phi) is 3.72. The number of aryl methyl sites for hydroxylation is 2. The van der Waals surface area contributed by atoms with E-state index in [4.69, 9.17) is 0 Å². The number of hydrogen-bond acceptors (Lipinski definition) is 4. The molecule has 0 saturated heterocycles. The molecular weight excluding hydrogens is 230 g/mol. The van der Waals surface area contributed by atoms with Crippen LogP contribution in [-0.4, -0.2) is 28.1 Å². The molecular formula is C13H15N3O2. The van der Waals surface area contributed by atoms with Crippen LogP contribution in [-0.2, 0) is 16.1 Å². The molecule has 0 aliphatic carbocycles. The molecule has 0 spiro atoms. The van der Waals surface area contributed by atoms with E-state index in [2.05, 4.69) is 15.0 Å². The Morgan fingerprint density at radius 1 is 1.33 bits per heavy atom. The number of carbonyl (C=O) groups is 1. The average molecular weight is 245 g/mol. The molecule has 1 aromatic heterocycles. The van der Waals surface area contributed by atoms with Crippen molar-refractivity contribution in [2.24, 2.45) is 0 Å². The van der Waals surface area contributed by atoms with Crippen LogP contribution in [0.5, 0.6) is 0 Å². The lowest BCUT2D eigenvalue weighted by Gasteiger charge is -1.98. The highest BCUT2D eigenvalue weighted by molar-refractivity contribution is 5.69.